The van der Waals surface area contributed by atoms with Gasteiger partial charge in [0.2, 0.25) is 11.8 Å². The van der Waals surface area contributed by atoms with Gasteiger partial charge < -0.3 is 15.1 Å². The number of piperazine rings is 1. The van der Waals surface area contributed by atoms with Gasteiger partial charge in [0.1, 0.15) is 5.82 Å². The van der Waals surface area contributed by atoms with Crippen molar-refractivity contribution in [2.75, 3.05) is 36.4 Å². The van der Waals surface area contributed by atoms with Crippen LogP contribution in [0.25, 0.3) is 0 Å². The number of anilines is 2. The molecule has 0 aromatic heterocycles. The Balaban J connectivity index is 1.26. The lowest BCUT2D eigenvalue weighted by atomic mass is 10.1. The first-order valence-electron chi connectivity index (χ1n) is 11.2. The summed E-state index contributed by atoms with van der Waals surface area (Å²) >= 11 is 0. The lowest BCUT2D eigenvalue weighted by Gasteiger charge is -2.36. The molecule has 33 heavy (non-hydrogen) atoms. The van der Waals surface area contributed by atoms with Crippen LogP contribution >= 0.6 is 0 Å². The van der Waals surface area contributed by atoms with Gasteiger partial charge in [-0.25, -0.2) is 4.39 Å². The fraction of sp³-hybridized carbons (Fsp3) is 0.259. The zero-order valence-corrected chi connectivity index (χ0v) is 18.8. The summed E-state index contributed by atoms with van der Waals surface area (Å²) in [6.45, 7) is 4.97. The standard InChI is InChI=1S/C27H28FN3O2/c1-20-3-2-4-22(17-20)19-27(33)31-15-13-30(14-16-31)25-11-9-24(10-12-25)29-26(32)18-21-5-7-23(28)8-6-21/h2-12,17H,13-16,18-19H2,1H3,(H,29,32). The molecule has 3 aromatic carbocycles. The van der Waals surface area contributed by atoms with Gasteiger partial charge in [-0.3, -0.25) is 9.59 Å². The molecule has 1 aliphatic rings. The molecule has 1 saturated heterocycles. The first-order chi connectivity index (χ1) is 16.0. The monoisotopic (exact) mass is 445 g/mol. The van der Waals surface area contributed by atoms with Crippen molar-refractivity contribution in [3.8, 4) is 0 Å². The molecule has 5 nitrogen and oxygen atoms in total. The Morgan fingerprint density at radius 1 is 0.848 bits per heavy atom. The van der Waals surface area contributed by atoms with Crippen LogP contribution in [-0.4, -0.2) is 42.9 Å². The van der Waals surface area contributed by atoms with Crippen molar-refractivity contribution in [2.24, 2.45) is 0 Å². The van der Waals surface area contributed by atoms with Crippen LogP contribution in [0.4, 0.5) is 15.8 Å². The average Bonchev–Trinajstić information content (AvgIpc) is 2.81. The maximum absolute atomic E-state index is 13.0. The molecule has 0 unspecified atom stereocenters. The number of nitrogens with zero attached hydrogens (tertiary/aromatic N) is 2. The van der Waals surface area contributed by atoms with Gasteiger partial charge in [-0.05, 0) is 54.4 Å². The van der Waals surface area contributed by atoms with Crippen LogP contribution in [0.5, 0.6) is 0 Å². The van der Waals surface area contributed by atoms with E-state index in [4.69, 9.17) is 0 Å². The third-order valence-corrected chi connectivity index (χ3v) is 5.86. The number of halogens is 1. The molecule has 1 N–H and O–H groups in total. The van der Waals surface area contributed by atoms with Crippen LogP contribution in [0.15, 0.2) is 72.8 Å². The number of benzene rings is 3. The summed E-state index contributed by atoms with van der Waals surface area (Å²) in [6.07, 6.45) is 0.633. The van der Waals surface area contributed by atoms with E-state index in [-0.39, 0.29) is 24.1 Å². The molecule has 0 radical (unpaired) electrons. The molecule has 1 heterocycles. The van der Waals surface area contributed by atoms with Gasteiger partial charge in [-0.2, -0.15) is 0 Å². The number of aryl methyl sites for hydroxylation is 1. The van der Waals surface area contributed by atoms with E-state index < -0.39 is 0 Å². The summed E-state index contributed by atoms with van der Waals surface area (Å²) < 4.78 is 13.0. The third-order valence-electron chi connectivity index (χ3n) is 5.86. The first kappa shape index (κ1) is 22.5. The molecular weight excluding hydrogens is 417 g/mol. The van der Waals surface area contributed by atoms with E-state index in [1.165, 1.54) is 17.7 Å². The quantitative estimate of drug-likeness (QED) is 0.619. The molecule has 1 fully saturated rings. The SMILES string of the molecule is Cc1cccc(CC(=O)N2CCN(c3ccc(NC(=O)Cc4ccc(F)cc4)cc3)CC2)c1. The molecule has 170 valence electrons. The Labute approximate surface area is 193 Å². The molecule has 0 saturated carbocycles. The summed E-state index contributed by atoms with van der Waals surface area (Å²) in [5.74, 6) is -0.291. The molecular formula is C27H28FN3O2. The Morgan fingerprint density at radius 2 is 1.55 bits per heavy atom. The molecule has 2 amide bonds. The van der Waals surface area contributed by atoms with E-state index in [0.29, 0.717) is 19.5 Å². The Bertz CT molecular complexity index is 1100. The second kappa shape index (κ2) is 10.3. The van der Waals surface area contributed by atoms with E-state index in [9.17, 15) is 14.0 Å². The summed E-state index contributed by atoms with van der Waals surface area (Å²) in [5.41, 5.74) is 4.77. The fourth-order valence-electron chi connectivity index (χ4n) is 4.07. The van der Waals surface area contributed by atoms with E-state index in [1.54, 1.807) is 12.1 Å². The molecule has 0 bridgehead atoms. The van der Waals surface area contributed by atoms with Gasteiger partial charge >= 0.3 is 0 Å². The molecule has 6 heteroatoms. The van der Waals surface area contributed by atoms with Gasteiger partial charge in [0.25, 0.3) is 0 Å². The number of amides is 2. The molecule has 0 spiro atoms. The summed E-state index contributed by atoms with van der Waals surface area (Å²) in [6, 6.07) is 21.8. The maximum Gasteiger partial charge on any atom is 0.228 e. The van der Waals surface area contributed by atoms with Gasteiger partial charge in [-0.1, -0.05) is 42.0 Å². The fourth-order valence-corrected chi connectivity index (χ4v) is 4.07. The van der Waals surface area contributed by atoms with E-state index >= 15 is 0 Å². The van der Waals surface area contributed by atoms with Crippen molar-refractivity contribution in [3.63, 3.8) is 0 Å². The van der Waals surface area contributed by atoms with Crippen molar-refractivity contribution < 1.29 is 14.0 Å². The molecule has 0 atom stereocenters. The highest BCUT2D eigenvalue weighted by Gasteiger charge is 2.21. The highest BCUT2D eigenvalue weighted by molar-refractivity contribution is 5.92. The highest BCUT2D eigenvalue weighted by Crippen LogP contribution is 2.20. The predicted octanol–water partition coefficient (Wildman–Crippen LogP) is 4.21. The Kier molecular flexibility index (Phi) is 7.03. The Hall–Kier alpha value is -3.67. The minimum absolute atomic E-state index is 0.143. The molecule has 1 aliphatic heterocycles. The molecule has 0 aliphatic carbocycles. The number of hydrogen-bond donors (Lipinski definition) is 1. The van der Waals surface area contributed by atoms with Crippen molar-refractivity contribution >= 4 is 23.2 Å². The average molecular weight is 446 g/mol. The van der Waals surface area contributed by atoms with Gasteiger partial charge in [0.15, 0.2) is 0 Å². The van der Waals surface area contributed by atoms with Crippen LogP contribution in [0, 0.1) is 12.7 Å². The van der Waals surface area contributed by atoms with E-state index in [0.717, 1.165) is 35.6 Å². The number of carbonyl (C=O) groups is 2. The minimum Gasteiger partial charge on any atom is -0.368 e. The summed E-state index contributed by atoms with van der Waals surface area (Å²) in [4.78, 5) is 29.1. The predicted molar refractivity (Wildman–Crippen MR) is 129 cm³/mol. The lowest BCUT2D eigenvalue weighted by molar-refractivity contribution is -0.130. The largest absolute Gasteiger partial charge is 0.368 e. The van der Waals surface area contributed by atoms with E-state index in [1.807, 2.05) is 54.3 Å². The van der Waals surface area contributed by atoms with Crippen LogP contribution in [-0.2, 0) is 22.4 Å². The zero-order valence-electron chi connectivity index (χ0n) is 18.8. The van der Waals surface area contributed by atoms with Gasteiger partial charge in [0, 0.05) is 37.6 Å². The van der Waals surface area contributed by atoms with Gasteiger partial charge in [-0.15, -0.1) is 0 Å². The maximum atomic E-state index is 13.0. The van der Waals surface area contributed by atoms with E-state index in [2.05, 4.69) is 16.3 Å². The first-order valence-corrected chi connectivity index (χ1v) is 11.2. The van der Waals surface area contributed by atoms with Crippen LogP contribution < -0.4 is 10.2 Å². The molecule has 3 aromatic rings. The summed E-state index contributed by atoms with van der Waals surface area (Å²) in [5, 5.41) is 2.88. The number of nitrogens with one attached hydrogen (secondary N) is 1. The van der Waals surface area contributed by atoms with Crippen molar-refractivity contribution in [2.45, 2.75) is 19.8 Å². The van der Waals surface area contributed by atoms with Crippen LogP contribution in [0.2, 0.25) is 0 Å². The highest BCUT2D eigenvalue weighted by atomic mass is 19.1. The Morgan fingerprint density at radius 3 is 2.21 bits per heavy atom. The lowest BCUT2D eigenvalue weighted by Crippen LogP contribution is -2.49. The minimum atomic E-state index is -0.314. The van der Waals surface area contributed by atoms with Crippen molar-refractivity contribution in [1.82, 2.24) is 4.90 Å². The zero-order chi connectivity index (χ0) is 23.2. The van der Waals surface area contributed by atoms with Gasteiger partial charge in [0.05, 0.1) is 12.8 Å². The number of carbonyl (C=O) groups excluding carboxylic acids is 2. The molecule has 4 rings (SSSR count). The van der Waals surface area contributed by atoms with Crippen LogP contribution in [0.3, 0.4) is 0 Å². The smallest absolute Gasteiger partial charge is 0.228 e. The number of rotatable bonds is 6. The van der Waals surface area contributed by atoms with Crippen molar-refractivity contribution in [3.05, 3.63) is 95.3 Å². The summed E-state index contributed by atoms with van der Waals surface area (Å²) in [7, 11) is 0. The van der Waals surface area contributed by atoms with Crippen molar-refractivity contribution in [1.29, 1.82) is 0 Å². The third kappa shape index (κ3) is 6.19. The second-order valence-corrected chi connectivity index (χ2v) is 8.43. The topological polar surface area (TPSA) is 52.7 Å². The normalized spacial score (nSPS) is 13.6. The number of hydrogen-bond acceptors (Lipinski definition) is 3. The van der Waals surface area contributed by atoms with Crippen LogP contribution in [0.1, 0.15) is 16.7 Å². The second-order valence-electron chi connectivity index (χ2n) is 8.43.